The van der Waals surface area contributed by atoms with Crippen LogP contribution in [0.15, 0.2) is 36.4 Å². The number of nitrogens with one attached hydrogen (secondary N) is 2. The Bertz CT molecular complexity index is 851. The molecule has 0 fully saturated rings. The van der Waals surface area contributed by atoms with Gasteiger partial charge in [0.05, 0.1) is 12.8 Å². The third-order valence-electron chi connectivity index (χ3n) is 4.35. The van der Waals surface area contributed by atoms with E-state index in [9.17, 15) is 14.7 Å². The number of benzene rings is 2. The first-order valence-electron chi connectivity index (χ1n) is 8.29. The molecule has 0 spiro atoms. The molecule has 3 N–H and O–H groups in total. The molecular weight excluding hydrogens is 334 g/mol. The van der Waals surface area contributed by atoms with E-state index in [1.54, 1.807) is 29.2 Å². The maximum Gasteiger partial charge on any atom is 0.414 e. The summed E-state index contributed by atoms with van der Waals surface area (Å²) in [5, 5.41) is 15.2. The van der Waals surface area contributed by atoms with Gasteiger partial charge in [-0.05, 0) is 54.3 Å². The Morgan fingerprint density at radius 3 is 2.77 bits per heavy atom. The molecule has 3 amide bonds. The Labute approximate surface area is 151 Å². The van der Waals surface area contributed by atoms with Crippen molar-refractivity contribution >= 4 is 23.5 Å². The van der Waals surface area contributed by atoms with E-state index in [4.69, 9.17) is 4.74 Å². The number of ether oxygens (including phenoxy) is 1. The number of anilines is 2. The van der Waals surface area contributed by atoms with Crippen LogP contribution in [-0.2, 0) is 17.7 Å². The van der Waals surface area contributed by atoms with Gasteiger partial charge in [0, 0.05) is 18.8 Å². The van der Waals surface area contributed by atoms with E-state index in [0.29, 0.717) is 25.2 Å². The van der Waals surface area contributed by atoms with Gasteiger partial charge in [0.25, 0.3) is 0 Å². The maximum atomic E-state index is 12.1. The van der Waals surface area contributed by atoms with Crippen LogP contribution in [0.3, 0.4) is 0 Å². The summed E-state index contributed by atoms with van der Waals surface area (Å²) in [6.07, 6.45) is 0.327. The molecule has 26 heavy (non-hydrogen) atoms. The van der Waals surface area contributed by atoms with Crippen LogP contribution < -0.4 is 15.5 Å². The lowest BCUT2D eigenvalue weighted by molar-refractivity contribution is 0.179. The molecule has 0 atom stereocenters. The molecule has 0 bridgehead atoms. The molecule has 136 valence electrons. The summed E-state index contributed by atoms with van der Waals surface area (Å²) >= 11 is 0. The average Bonchev–Trinajstić information content (AvgIpc) is 3.05. The Morgan fingerprint density at radius 1 is 1.23 bits per heavy atom. The van der Waals surface area contributed by atoms with Gasteiger partial charge < -0.3 is 20.5 Å². The van der Waals surface area contributed by atoms with E-state index in [-0.39, 0.29) is 17.9 Å². The first-order chi connectivity index (χ1) is 12.5. The fourth-order valence-corrected chi connectivity index (χ4v) is 2.90. The second-order valence-electron chi connectivity index (χ2n) is 6.14. The molecule has 7 nitrogen and oxygen atoms in total. The zero-order valence-electron chi connectivity index (χ0n) is 14.7. The molecule has 3 rings (SSSR count). The van der Waals surface area contributed by atoms with Gasteiger partial charge in [0.1, 0.15) is 5.75 Å². The molecule has 7 heteroatoms. The van der Waals surface area contributed by atoms with Crippen molar-refractivity contribution in [1.29, 1.82) is 0 Å². The van der Waals surface area contributed by atoms with Gasteiger partial charge >= 0.3 is 12.1 Å². The van der Waals surface area contributed by atoms with E-state index in [1.807, 2.05) is 19.1 Å². The van der Waals surface area contributed by atoms with Gasteiger partial charge in [0.2, 0.25) is 0 Å². The number of phenols is 1. The minimum atomic E-state index is -0.386. The van der Waals surface area contributed by atoms with Crippen LogP contribution in [0.1, 0.15) is 16.7 Å². The minimum Gasteiger partial charge on any atom is -0.508 e. The highest BCUT2D eigenvalue weighted by atomic mass is 16.5. The zero-order chi connectivity index (χ0) is 18.7. The molecule has 0 aromatic heterocycles. The molecule has 0 unspecified atom stereocenters. The molecule has 0 radical (unpaired) electrons. The van der Waals surface area contributed by atoms with Gasteiger partial charge in [-0.3, -0.25) is 4.90 Å². The fourth-order valence-electron chi connectivity index (χ4n) is 2.90. The standard InChI is InChI=1S/C19H21N3O4/c1-12-3-4-13(9-17(12)23)11-20-18(24)21-15-5-6-16-14(10-15)7-8-22(16)19(25)26-2/h3-6,9-10,23H,7-8,11H2,1-2H3,(H2,20,21,24). The quantitative estimate of drug-likeness (QED) is 0.789. The lowest BCUT2D eigenvalue weighted by Crippen LogP contribution is -2.28. The number of aromatic hydroxyl groups is 1. The molecular formula is C19H21N3O4. The van der Waals surface area contributed by atoms with Crippen molar-refractivity contribution < 1.29 is 19.4 Å². The molecule has 0 saturated heterocycles. The lowest BCUT2D eigenvalue weighted by Gasteiger charge is -2.15. The van der Waals surface area contributed by atoms with Gasteiger partial charge in [-0.1, -0.05) is 12.1 Å². The van der Waals surface area contributed by atoms with Crippen LogP contribution in [0.4, 0.5) is 21.0 Å². The van der Waals surface area contributed by atoms with Gasteiger partial charge in [0.15, 0.2) is 0 Å². The Morgan fingerprint density at radius 2 is 2.04 bits per heavy atom. The number of aryl methyl sites for hydroxylation is 1. The van der Waals surface area contributed by atoms with E-state index >= 15 is 0 Å². The first-order valence-corrected chi connectivity index (χ1v) is 8.29. The van der Waals surface area contributed by atoms with Crippen molar-refractivity contribution in [3.05, 3.63) is 53.1 Å². The predicted octanol–water partition coefficient (Wildman–Crippen LogP) is 3.15. The molecule has 2 aromatic carbocycles. The number of rotatable bonds is 3. The summed E-state index contributed by atoms with van der Waals surface area (Å²) < 4.78 is 4.76. The number of methoxy groups -OCH3 is 1. The SMILES string of the molecule is COC(=O)N1CCc2cc(NC(=O)NCc3ccc(C)c(O)c3)ccc21. The van der Waals surface area contributed by atoms with E-state index < -0.39 is 0 Å². The highest BCUT2D eigenvalue weighted by molar-refractivity contribution is 5.93. The van der Waals surface area contributed by atoms with Crippen molar-refractivity contribution in [3.8, 4) is 5.75 Å². The molecule has 2 aromatic rings. The summed E-state index contributed by atoms with van der Waals surface area (Å²) in [5.74, 6) is 0.207. The number of carbonyl (C=O) groups excluding carboxylic acids is 2. The topological polar surface area (TPSA) is 90.9 Å². The van der Waals surface area contributed by atoms with E-state index in [0.717, 1.165) is 22.4 Å². The average molecular weight is 355 g/mol. The van der Waals surface area contributed by atoms with Crippen LogP contribution in [-0.4, -0.2) is 30.9 Å². The van der Waals surface area contributed by atoms with Crippen molar-refractivity contribution in [2.24, 2.45) is 0 Å². The smallest absolute Gasteiger partial charge is 0.414 e. The third-order valence-corrected chi connectivity index (χ3v) is 4.35. The number of hydrogen-bond donors (Lipinski definition) is 3. The normalized spacial score (nSPS) is 12.5. The Balaban J connectivity index is 1.60. The highest BCUT2D eigenvalue weighted by Gasteiger charge is 2.25. The number of fused-ring (bicyclic) bond motifs is 1. The van der Waals surface area contributed by atoms with Crippen LogP contribution in [0, 0.1) is 6.92 Å². The molecule has 0 saturated carbocycles. The maximum absolute atomic E-state index is 12.1. The van der Waals surface area contributed by atoms with Crippen LogP contribution in [0.2, 0.25) is 0 Å². The van der Waals surface area contributed by atoms with Crippen molar-refractivity contribution in [3.63, 3.8) is 0 Å². The summed E-state index contributed by atoms with van der Waals surface area (Å²) in [7, 11) is 1.36. The monoisotopic (exact) mass is 355 g/mol. The summed E-state index contributed by atoms with van der Waals surface area (Å²) in [6, 6.07) is 10.4. The molecule has 1 aliphatic rings. The van der Waals surface area contributed by atoms with Crippen LogP contribution in [0.5, 0.6) is 5.75 Å². The molecule has 0 aliphatic carbocycles. The Kier molecular flexibility index (Phi) is 4.97. The number of amides is 3. The second-order valence-corrected chi connectivity index (χ2v) is 6.14. The van der Waals surface area contributed by atoms with E-state index in [1.165, 1.54) is 7.11 Å². The summed E-state index contributed by atoms with van der Waals surface area (Å²) in [6.45, 7) is 2.68. The van der Waals surface area contributed by atoms with Crippen molar-refractivity contribution in [1.82, 2.24) is 5.32 Å². The van der Waals surface area contributed by atoms with E-state index in [2.05, 4.69) is 10.6 Å². The minimum absolute atomic E-state index is 0.207. The molecule has 1 heterocycles. The van der Waals surface area contributed by atoms with Crippen molar-refractivity contribution in [2.45, 2.75) is 19.9 Å². The second kappa shape index (κ2) is 7.35. The fraction of sp³-hybridized carbons (Fsp3) is 0.263. The molecule has 1 aliphatic heterocycles. The number of hydrogen-bond acceptors (Lipinski definition) is 4. The zero-order valence-corrected chi connectivity index (χ0v) is 14.7. The summed E-state index contributed by atoms with van der Waals surface area (Å²) in [5.41, 5.74) is 4.04. The largest absolute Gasteiger partial charge is 0.508 e. The predicted molar refractivity (Wildman–Crippen MR) is 98.6 cm³/mol. The van der Waals surface area contributed by atoms with Crippen molar-refractivity contribution in [2.75, 3.05) is 23.9 Å². The summed E-state index contributed by atoms with van der Waals surface area (Å²) in [4.78, 5) is 25.4. The lowest BCUT2D eigenvalue weighted by atomic mass is 10.1. The number of carbonyl (C=O) groups is 2. The third kappa shape index (κ3) is 3.72. The van der Waals surface area contributed by atoms with Gasteiger partial charge in [-0.25, -0.2) is 9.59 Å². The van der Waals surface area contributed by atoms with Gasteiger partial charge in [-0.2, -0.15) is 0 Å². The number of phenolic OH excluding ortho intramolecular Hbond substituents is 1. The van der Waals surface area contributed by atoms with Gasteiger partial charge in [-0.15, -0.1) is 0 Å². The van der Waals surface area contributed by atoms with Crippen LogP contribution >= 0.6 is 0 Å². The Hall–Kier alpha value is -3.22. The number of nitrogens with zero attached hydrogens (tertiary/aromatic N) is 1. The number of urea groups is 1. The first kappa shape index (κ1) is 17.6. The highest BCUT2D eigenvalue weighted by Crippen LogP contribution is 2.30. The van der Waals surface area contributed by atoms with Crippen LogP contribution in [0.25, 0.3) is 0 Å².